The van der Waals surface area contributed by atoms with E-state index in [2.05, 4.69) is 17.8 Å². The molecule has 2 atom stereocenters. The lowest BCUT2D eigenvalue weighted by Crippen LogP contribution is -2.52. The third-order valence-electron chi connectivity index (χ3n) is 3.40. The fourth-order valence-corrected chi connectivity index (χ4v) is 2.19. The monoisotopic (exact) mass is 276 g/mol. The molecule has 0 aliphatic carbocycles. The highest BCUT2D eigenvalue weighted by Gasteiger charge is 2.22. The topological polar surface area (TPSA) is 59.6 Å². The second kappa shape index (κ2) is 6.43. The van der Waals surface area contributed by atoms with Gasteiger partial charge in [0.2, 0.25) is 5.91 Å². The van der Waals surface area contributed by atoms with Gasteiger partial charge in [0.15, 0.2) is 11.5 Å². The van der Waals surface area contributed by atoms with E-state index in [9.17, 15) is 4.79 Å². The molecule has 0 spiro atoms. The summed E-state index contributed by atoms with van der Waals surface area (Å²) in [5, 5.41) is 0. The quantitative estimate of drug-likeness (QED) is 0.879. The van der Waals surface area contributed by atoms with Crippen molar-refractivity contribution in [1.29, 1.82) is 0 Å². The maximum Gasteiger partial charge on any atom is 0.234 e. The number of rotatable bonds is 4. The summed E-state index contributed by atoms with van der Waals surface area (Å²) in [6, 6.07) is 5.88. The predicted molar refractivity (Wildman–Crippen MR) is 77.4 cm³/mol. The Balaban J connectivity index is 2.09. The molecule has 1 aliphatic rings. The van der Waals surface area contributed by atoms with Crippen molar-refractivity contribution in [2.24, 2.45) is 5.92 Å². The van der Waals surface area contributed by atoms with Gasteiger partial charge in [-0.1, -0.05) is 25.1 Å². The van der Waals surface area contributed by atoms with Crippen molar-refractivity contribution in [2.45, 2.75) is 19.4 Å². The number of amides is 1. The molecule has 1 aromatic rings. The van der Waals surface area contributed by atoms with Crippen molar-refractivity contribution in [3.63, 3.8) is 0 Å². The van der Waals surface area contributed by atoms with Crippen molar-refractivity contribution < 1.29 is 14.3 Å². The van der Waals surface area contributed by atoms with E-state index in [0.29, 0.717) is 17.9 Å². The SMILES string of the molecule is COc1ccc(/C=C/C2NNC(=O)CC2C)cc1OC. The van der Waals surface area contributed by atoms with E-state index >= 15 is 0 Å². The summed E-state index contributed by atoms with van der Waals surface area (Å²) in [7, 11) is 3.23. The summed E-state index contributed by atoms with van der Waals surface area (Å²) in [6.45, 7) is 2.05. The summed E-state index contributed by atoms with van der Waals surface area (Å²) >= 11 is 0. The molecule has 5 nitrogen and oxygen atoms in total. The van der Waals surface area contributed by atoms with Gasteiger partial charge in [-0.05, 0) is 23.6 Å². The molecule has 1 saturated heterocycles. The van der Waals surface area contributed by atoms with E-state index in [1.165, 1.54) is 0 Å². The van der Waals surface area contributed by atoms with E-state index in [1.807, 2.05) is 30.4 Å². The Bertz CT molecular complexity index is 514. The molecule has 20 heavy (non-hydrogen) atoms. The van der Waals surface area contributed by atoms with E-state index in [-0.39, 0.29) is 17.9 Å². The first-order valence-corrected chi connectivity index (χ1v) is 6.58. The maximum absolute atomic E-state index is 11.2. The number of carbonyl (C=O) groups excluding carboxylic acids is 1. The first-order valence-electron chi connectivity index (χ1n) is 6.58. The second-order valence-corrected chi connectivity index (χ2v) is 4.87. The second-order valence-electron chi connectivity index (χ2n) is 4.87. The molecule has 1 aliphatic heterocycles. The Kier molecular flexibility index (Phi) is 4.63. The molecule has 0 bridgehead atoms. The van der Waals surface area contributed by atoms with Crippen LogP contribution in [-0.4, -0.2) is 26.2 Å². The highest BCUT2D eigenvalue weighted by Crippen LogP contribution is 2.28. The first kappa shape index (κ1) is 14.4. The molecule has 2 unspecified atom stereocenters. The van der Waals surface area contributed by atoms with Gasteiger partial charge in [0.05, 0.1) is 14.2 Å². The molecule has 1 aromatic carbocycles. The van der Waals surface area contributed by atoms with Crippen molar-refractivity contribution in [3.8, 4) is 11.5 Å². The van der Waals surface area contributed by atoms with Crippen molar-refractivity contribution in [3.05, 3.63) is 29.8 Å². The highest BCUT2D eigenvalue weighted by molar-refractivity contribution is 5.76. The maximum atomic E-state index is 11.2. The summed E-state index contributed by atoms with van der Waals surface area (Å²) in [6.07, 6.45) is 4.59. The summed E-state index contributed by atoms with van der Waals surface area (Å²) in [5.41, 5.74) is 6.67. The van der Waals surface area contributed by atoms with Crippen LogP contribution >= 0.6 is 0 Å². The van der Waals surface area contributed by atoms with Crippen LogP contribution in [0.1, 0.15) is 18.9 Å². The Morgan fingerprint density at radius 1 is 1.25 bits per heavy atom. The van der Waals surface area contributed by atoms with Crippen molar-refractivity contribution >= 4 is 12.0 Å². The molecule has 0 saturated carbocycles. The summed E-state index contributed by atoms with van der Waals surface area (Å²) < 4.78 is 10.5. The zero-order chi connectivity index (χ0) is 14.5. The van der Waals surface area contributed by atoms with E-state index in [4.69, 9.17) is 9.47 Å². The predicted octanol–water partition coefficient (Wildman–Crippen LogP) is 1.75. The molecule has 1 fully saturated rings. The third kappa shape index (κ3) is 3.30. The molecule has 5 heteroatoms. The Hall–Kier alpha value is -2.01. The minimum Gasteiger partial charge on any atom is -0.493 e. The number of methoxy groups -OCH3 is 2. The first-order chi connectivity index (χ1) is 9.63. The smallest absolute Gasteiger partial charge is 0.234 e. The molecule has 0 aromatic heterocycles. The van der Waals surface area contributed by atoms with Crippen LogP contribution in [0.15, 0.2) is 24.3 Å². The molecular formula is C15H20N2O3. The Labute approximate surface area is 118 Å². The fraction of sp³-hybridized carbons (Fsp3) is 0.400. The van der Waals surface area contributed by atoms with Crippen LogP contribution in [0.4, 0.5) is 0 Å². The number of hydrogen-bond acceptors (Lipinski definition) is 4. The van der Waals surface area contributed by atoms with Crippen LogP contribution in [0, 0.1) is 5.92 Å². The summed E-state index contributed by atoms with van der Waals surface area (Å²) in [4.78, 5) is 11.2. The lowest BCUT2D eigenvalue weighted by atomic mass is 9.96. The molecule has 1 heterocycles. The highest BCUT2D eigenvalue weighted by atomic mass is 16.5. The van der Waals surface area contributed by atoms with Gasteiger partial charge in [-0.2, -0.15) is 0 Å². The van der Waals surface area contributed by atoms with Gasteiger partial charge in [-0.15, -0.1) is 0 Å². The number of ether oxygens (including phenoxy) is 2. The van der Waals surface area contributed by atoms with Gasteiger partial charge in [-0.25, -0.2) is 5.43 Å². The molecular weight excluding hydrogens is 256 g/mol. The number of carbonyl (C=O) groups is 1. The molecule has 0 radical (unpaired) electrons. The van der Waals surface area contributed by atoms with Gasteiger partial charge in [-0.3, -0.25) is 10.2 Å². The average Bonchev–Trinajstić information content (AvgIpc) is 2.46. The van der Waals surface area contributed by atoms with E-state index < -0.39 is 0 Å². The lowest BCUT2D eigenvalue weighted by molar-refractivity contribution is -0.125. The molecule has 2 N–H and O–H groups in total. The van der Waals surface area contributed by atoms with Crippen molar-refractivity contribution in [1.82, 2.24) is 10.9 Å². The largest absolute Gasteiger partial charge is 0.493 e. The standard InChI is InChI=1S/C15H20N2O3/c1-10-8-15(18)17-16-12(10)6-4-11-5-7-13(19-2)14(9-11)20-3/h4-7,9-10,12,16H,8H2,1-3H3,(H,17,18)/b6-4+. The lowest BCUT2D eigenvalue weighted by Gasteiger charge is -2.27. The normalized spacial score (nSPS) is 22.6. The van der Waals surface area contributed by atoms with Crippen LogP contribution < -0.4 is 20.3 Å². The van der Waals surface area contributed by atoms with Crippen LogP contribution in [0.3, 0.4) is 0 Å². The zero-order valence-corrected chi connectivity index (χ0v) is 12.0. The van der Waals surface area contributed by atoms with E-state index in [1.54, 1.807) is 14.2 Å². The van der Waals surface area contributed by atoms with Crippen LogP contribution in [0.25, 0.3) is 6.08 Å². The van der Waals surface area contributed by atoms with Crippen molar-refractivity contribution in [2.75, 3.05) is 14.2 Å². The van der Waals surface area contributed by atoms with Gasteiger partial charge in [0.1, 0.15) is 0 Å². The van der Waals surface area contributed by atoms with Gasteiger partial charge < -0.3 is 9.47 Å². The number of hydrogen-bond donors (Lipinski definition) is 2. The fourth-order valence-electron chi connectivity index (χ4n) is 2.19. The van der Waals surface area contributed by atoms with Crippen LogP contribution in [-0.2, 0) is 4.79 Å². The zero-order valence-electron chi connectivity index (χ0n) is 12.0. The number of nitrogens with one attached hydrogen (secondary N) is 2. The number of benzene rings is 1. The van der Waals surface area contributed by atoms with E-state index in [0.717, 1.165) is 5.56 Å². The van der Waals surface area contributed by atoms with Gasteiger partial charge >= 0.3 is 0 Å². The summed E-state index contributed by atoms with van der Waals surface area (Å²) in [5.74, 6) is 1.71. The minimum atomic E-state index is 0.0354. The van der Waals surface area contributed by atoms with Gasteiger partial charge in [0, 0.05) is 12.5 Å². The third-order valence-corrected chi connectivity index (χ3v) is 3.40. The van der Waals surface area contributed by atoms with Gasteiger partial charge in [0.25, 0.3) is 0 Å². The Morgan fingerprint density at radius 2 is 2.00 bits per heavy atom. The van der Waals surface area contributed by atoms with Crippen LogP contribution in [0.2, 0.25) is 0 Å². The minimum absolute atomic E-state index is 0.0354. The molecule has 108 valence electrons. The molecule has 2 rings (SSSR count). The van der Waals surface area contributed by atoms with Crippen LogP contribution in [0.5, 0.6) is 11.5 Å². The molecule has 1 amide bonds. The Morgan fingerprint density at radius 3 is 2.65 bits per heavy atom. The average molecular weight is 276 g/mol. The number of hydrazine groups is 1.